The third kappa shape index (κ3) is 4.05. The molecule has 1 aliphatic carbocycles. The smallest absolute Gasteiger partial charge is 0.335 e. The van der Waals surface area contributed by atoms with Crippen molar-refractivity contribution in [2.45, 2.75) is 51.9 Å². The zero-order chi connectivity index (χ0) is 18.9. The summed E-state index contributed by atoms with van der Waals surface area (Å²) in [7, 11) is 0. The van der Waals surface area contributed by atoms with Crippen molar-refractivity contribution in [3.05, 3.63) is 35.7 Å². The van der Waals surface area contributed by atoms with Crippen molar-refractivity contribution in [1.82, 2.24) is 15.0 Å². The molecular formula is C18H20F3N3O2. The van der Waals surface area contributed by atoms with Gasteiger partial charge < -0.3 is 9.42 Å². The predicted octanol–water partition coefficient (Wildman–Crippen LogP) is 4.29. The molecule has 140 valence electrons. The molecule has 1 heterocycles. The molecule has 0 N–H and O–H groups in total. The summed E-state index contributed by atoms with van der Waals surface area (Å²) in [4.78, 5) is 17.7. The van der Waals surface area contributed by atoms with Gasteiger partial charge in [-0.2, -0.15) is 18.2 Å². The maximum Gasteiger partial charge on any atom is 0.471 e. The van der Waals surface area contributed by atoms with E-state index in [-0.39, 0.29) is 23.7 Å². The quantitative estimate of drug-likeness (QED) is 0.764. The highest BCUT2D eigenvalue weighted by Gasteiger charge is 2.38. The van der Waals surface area contributed by atoms with Crippen LogP contribution in [0.1, 0.15) is 44.6 Å². The first-order chi connectivity index (χ1) is 12.3. The summed E-state index contributed by atoms with van der Waals surface area (Å²) < 4.78 is 41.9. The summed E-state index contributed by atoms with van der Waals surface area (Å²) in [6.07, 6.45) is -1.90. The molecule has 0 bridgehead atoms. The number of hydrogen-bond acceptors (Lipinski definition) is 4. The number of carbonyl (C=O) groups is 1. The fourth-order valence-electron chi connectivity index (χ4n) is 2.65. The van der Waals surface area contributed by atoms with Crippen molar-refractivity contribution in [2.75, 3.05) is 0 Å². The van der Waals surface area contributed by atoms with Crippen molar-refractivity contribution in [2.24, 2.45) is 5.92 Å². The number of benzene rings is 1. The largest absolute Gasteiger partial charge is 0.471 e. The first kappa shape index (κ1) is 18.4. The molecular weight excluding hydrogens is 347 g/mol. The van der Waals surface area contributed by atoms with Crippen LogP contribution >= 0.6 is 0 Å². The average molecular weight is 367 g/mol. The van der Waals surface area contributed by atoms with Crippen LogP contribution in [0.3, 0.4) is 0 Å². The molecule has 1 aromatic carbocycles. The van der Waals surface area contributed by atoms with E-state index in [1.54, 1.807) is 24.3 Å². The Hall–Kier alpha value is -2.38. The van der Waals surface area contributed by atoms with Gasteiger partial charge in [-0.1, -0.05) is 36.3 Å². The van der Waals surface area contributed by atoms with Crippen LogP contribution in [0.2, 0.25) is 0 Å². The minimum Gasteiger partial charge on any atom is -0.335 e. The van der Waals surface area contributed by atoms with Crippen LogP contribution in [0.5, 0.6) is 0 Å². The van der Waals surface area contributed by atoms with E-state index >= 15 is 0 Å². The van der Waals surface area contributed by atoms with Gasteiger partial charge in [0.1, 0.15) is 0 Å². The van der Waals surface area contributed by atoms with Gasteiger partial charge >= 0.3 is 12.1 Å². The van der Waals surface area contributed by atoms with E-state index in [4.69, 9.17) is 0 Å². The van der Waals surface area contributed by atoms with Crippen molar-refractivity contribution in [1.29, 1.82) is 0 Å². The molecule has 2 aromatic rings. The molecule has 0 aliphatic heterocycles. The second kappa shape index (κ2) is 7.09. The minimum atomic E-state index is -4.66. The molecule has 0 saturated heterocycles. The van der Waals surface area contributed by atoms with Crippen LogP contribution in [-0.4, -0.2) is 27.0 Å². The molecule has 1 aliphatic rings. The van der Waals surface area contributed by atoms with Gasteiger partial charge in [0.25, 0.3) is 0 Å². The van der Waals surface area contributed by atoms with Gasteiger partial charge in [0, 0.05) is 24.1 Å². The lowest BCUT2D eigenvalue weighted by molar-refractivity contribution is -0.159. The molecule has 1 fully saturated rings. The number of rotatable bonds is 6. The van der Waals surface area contributed by atoms with Crippen LogP contribution in [0, 0.1) is 5.92 Å². The zero-order valence-corrected chi connectivity index (χ0v) is 14.6. The highest BCUT2D eigenvalue weighted by Crippen LogP contribution is 2.33. The summed E-state index contributed by atoms with van der Waals surface area (Å²) in [6.45, 7) is 4.53. The van der Waals surface area contributed by atoms with Gasteiger partial charge in [0.2, 0.25) is 11.7 Å². The third-order valence-corrected chi connectivity index (χ3v) is 4.57. The van der Waals surface area contributed by atoms with E-state index in [0.29, 0.717) is 12.1 Å². The van der Waals surface area contributed by atoms with Crippen LogP contribution in [-0.2, 0) is 17.5 Å². The minimum absolute atomic E-state index is 0.114. The predicted molar refractivity (Wildman–Crippen MR) is 87.8 cm³/mol. The topological polar surface area (TPSA) is 59.2 Å². The molecule has 0 radical (unpaired) electrons. The molecule has 8 heteroatoms. The first-order valence-electron chi connectivity index (χ1n) is 8.60. The molecule has 1 amide bonds. The van der Waals surface area contributed by atoms with Gasteiger partial charge in [-0.15, -0.1) is 0 Å². The summed E-state index contributed by atoms with van der Waals surface area (Å²) in [5.41, 5.74) is 1.33. The number of nitrogens with zero attached hydrogens (tertiary/aromatic N) is 3. The van der Waals surface area contributed by atoms with E-state index in [1.807, 2.05) is 18.7 Å². The Morgan fingerprint density at radius 3 is 2.46 bits per heavy atom. The summed E-state index contributed by atoms with van der Waals surface area (Å²) in [5.74, 6) is -1.16. The maximum atomic E-state index is 12.5. The number of alkyl halides is 3. The number of aromatic nitrogens is 2. The standard InChI is InChI=1S/C18H20F3N3O2/c1-3-11(2)24(16(25)14-8-9-14)10-12-4-6-13(7-5-12)15-22-17(26-23-15)18(19,20)21/h4-7,11,14H,3,8-10H2,1-2H3. The normalized spacial score (nSPS) is 15.7. The van der Waals surface area contributed by atoms with E-state index in [9.17, 15) is 18.0 Å². The third-order valence-electron chi connectivity index (χ3n) is 4.57. The fraction of sp³-hybridized carbons (Fsp3) is 0.500. The Morgan fingerprint density at radius 1 is 1.31 bits per heavy atom. The zero-order valence-electron chi connectivity index (χ0n) is 14.6. The molecule has 1 unspecified atom stereocenters. The molecule has 0 spiro atoms. The van der Waals surface area contributed by atoms with E-state index < -0.39 is 12.1 Å². The van der Waals surface area contributed by atoms with Crippen LogP contribution in [0.15, 0.2) is 28.8 Å². The van der Waals surface area contributed by atoms with Gasteiger partial charge in [0.15, 0.2) is 0 Å². The number of halogens is 3. The molecule has 1 saturated carbocycles. The lowest BCUT2D eigenvalue weighted by Crippen LogP contribution is -2.38. The molecule has 3 rings (SSSR count). The summed E-state index contributed by atoms with van der Waals surface area (Å²) in [5, 5.41) is 3.37. The van der Waals surface area contributed by atoms with Crippen molar-refractivity contribution < 1.29 is 22.5 Å². The molecule has 1 aromatic heterocycles. The highest BCUT2D eigenvalue weighted by molar-refractivity contribution is 5.81. The van der Waals surface area contributed by atoms with Crippen molar-refractivity contribution in [3.63, 3.8) is 0 Å². The monoisotopic (exact) mass is 367 g/mol. The van der Waals surface area contributed by atoms with E-state index in [2.05, 4.69) is 14.7 Å². The fourth-order valence-corrected chi connectivity index (χ4v) is 2.65. The maximum absolute atomic E-state index is 12.5. The Labute approximate surface area is 149 Å². The SMILES string of the molecule is CCC(C)N(Cc1ccc(-c2noc(C(F)(F)F)n2)cc1)C(=O)C1CC1. The Bertz CT molecular complexity index is 767. The van der Waals surface area contributed by atoms with Crippen LogP contribution < -0.4 is 0 Å². The second-order valence-corrected chi connectivity index (χ2v) is 6.62. The highest BCUT2D eigenvalue weighted by atomic mass is 19.4. The molecule has 26 heavy (non-hydrogen) atoms. The first-order valence-corrected chi connectivity index (χ1v) is 8.60. The van der Waals surface area contributed by atoms with Gasteiger partial charge in [-0.05, 0) is 31.7 Å². The molecule has 5 nitrogen and oxygen atoms in total. The molecule has 1 atom stereocenters. The average Bonchev–Trinajstić information content (AvgIpc) is 3.34. The van der Waals surface area contributed by atoms with Gasteiger partial charge in [-0.25, -0.2) is 0 Å². The lowest BCUT2D eigenvalue weighted by atomic mass is 10.1. The van der Waals surface area contributed by atoms with Crippen LogP contribution in [0.25, 0.3) is 11.4 Å². The van der Waals surface area contributed by atoms with Gasteiger partial charge in [-0.3, -0.25) is 4.79 Å². The summed E-state index contributed by atoms with van der Waals surface area (Å²) in [6, 6.07) is 6.95. The number of hydrogen-bond donors (Lipinski definition) is 0. The number of carbonyl (C=O) groups excluding carboxylic acids is 1. The Balaban J connectivity index is 1.74. The van der Waals surface area contributed by atoms with Crippen molar-refractivity contribution >= 4 is 5.91 Å². The van der Waals surface area contributed by atoms with E-state index in [0.717, 1.165) is 24.8 Å². The van der Waals surface area contributed by atoms with E-state index in [1.165, 1.54) is 0 Å². The Morgan fingerprint density at radius 2 is 1.96 bits per heavy atom. The van der Waals surface area contributed by atoms with Crippen LogP contribution in [0.4, 0.5) is 13.2 Å². The number of amides is 1. The second-order valence-electron chi connectivity index (χ2n) is 6.62. The Kier molecular flexibility index (Phi) is 5.02. The van der Waals surface area contributed by atoms with Crippen molar-refractivity contribution in [3.8, 4) is 11.4 Å². The summed E-state index contributed by atoms with van der Waals surface area (Å²) >= 11 is 0. The van der Waals surface area contributed by atoms with Gasteiger partial charge in [0.05, 0.1) is 0 Å². The lowest BCUT2D eigenvalue weighted by Gasteiger charge is -2.29.